The smallest absolute Gasteiger partial charge is 0.238 e. The van der Waals surface area contributed by atoms with Gasteiger partial charge in [0, 0.05) is 11.1 Å². The van der Waals surface area contributed by atoms with Crippen LogP contribution in [0.2, 0.25) is 0 Å². The van der Waals surface area contributed by atoms with E-state index in [4.69, 9.17) is 15.1 Å². The van der Waals surface area contributed by atoms with Gasteiger partial charge < -0.3 is 5.32 Å². The molecule has 0 saturated heterocycles. The number of anilines is 1. The van der Waals surface area contributed by atoms with Gasteiger partial charge in [0.1, 0.15) is 5.65 Å². The number of aromatic nitrogens is 3. The van der Waals surface area contributed by atoms with E-state index in [-0.39, 0.29) is 16.6 Å². The predicted octanol–water partition coefficient (Wildman–Crippen LogP) is 3.41. The van der Waals surface area contributed by atoms with E-state index < -0.39 is 10.0 Å². The number of thioether (sulfide) groups is 1. The van der Waals surface area contributed by atoms with Gasteiger partial charge >= 0.3 is 0 Å². The average molecular weight is 464 g/mol. The van der Waals surface area contributed by atoms with Crippen molar-refractivity contribution in [3.63, 3.8) is 0 Å². The van der Waals surface area contributed by atoms with Crippen molar-refractivity contribution in [1.82, 2.24) is 14.4 Å². The Morgan fingerprint density at radius 1 is 0.969 bits per heavy atom. The highest BCUT2D eigenvalue weighted by Gasteiger charge is 2.16. The zero-order chi connectivity index (χ0) is 22.3. The lowest BCUT2D eigenvalue weighted by molar-refractivity contribution is -0.113. The Morgan fingerprint density at radius 3 is 2.53 bits per heavy atom. The van der Waals surface area contributed by atoms with E-state index in [0.29, 0.717) is 10.8 Å². The van der Waals surface area contributed by atoms with Crippen molar-refractivity contribution in [2.24, 2.45) is 5.14 Å². The number of amides is 1. The molecule has 2 aromatic heterocycles. The lowest BCUT2D eigenvalue weighted by Gasteiger charge is -2.09. The van der Waals surface area contributed by atoms with Crippen LogP contribution in [0.3, 0.4) is 0 Å². The molecule has 0 spiro atoms. The highest BCUT2D eigenvalue weighted by molar-refractivity contribution is 7.99. The number of rotatable bonds is 5. The average Bonchev–Trinajstić information content (AvgIpc) is 3.17. The van der Waals surface area contributed by atoms with Gasteiger partial charge in [-0.15, -0.1) is 0 Å². The quantitative estimate of drug-likeness (QED) is 0.304. The number of hydrogen-bond donors (Lipinski definition) is 2. The molecule has 0 atom stereocenters. The SMILES string of the molecule is NS(=O)(=O)c1cccc(NC(=O)CSc2nc3ccccc3c3nc4ccccc4n23)c1. The van der Waals surface area contributed by atoms with Crippen molar-refractivity contribution in [3.05, 3.63) is 72.8 Å². The molecule has 0 aliphatic carbocycles. The Bertz CT molecular complexity index is 1610. The summed E-state index contributed by atoms with van der Waals surface area (Å²) >= 11 is 1.28. The first-order valence-electron chi connectivity index (χ1n) is 9.61. The number of primary sulfonamides is 1. The van der Waals surface area contributed by atoms with Crippen molar-refractivity contribution >= 4 is 61.0 Å². The van der Waals surface area contributed by atoms with Gasteiger partial charge in [-0.2, -0.15) is 0 Å². The molecule has 0 fully saturated rings. The largest absolute Gasteiger partial charge is 0.325 e. The number of nitrogens with zero attached hydrogens (tertiary/aromatic N) is 3. The van der Waals surface area contributed by atoms with E-state index in [0.717, 1.165) is 27.6 Å². The maximum Gasteiger partial charge on any atom is 0.238 e. The number of fused-ring (bicyclic) bond motifs is 5. The number of nitrogens with two attached hydrogens (primary N) is 1. The molecule has 160 valence electrons. The molecule has 0 aliphatic rings. The van der Waals surface area contributed by atoms with Crippen LogP contribution in [-0.4, -0.2) is 34.4 Å². The van der Waals surface area contributed by atoms with Crippen LogP contribution in [0.5, 0.6) is 0 Å². The van der Waals surface area contributed by atoms with Crippen LogP contribution in [-0.2, 0) is 14.8 Å². The number of sulfonamides is 1. The van der Waals surface area contributed by atoms with Crippen LogP contribution >= 0.6 is 11.8 Å². The van der Waals surface area contributed by atoms with E-state index in [1.54, 1.807) is 6.07 Å². The molecule has 2 heterocycles. The molecule has 0 radical (unpaired) electrons. The van der Waals surface area contributed by atoms with E-state index in [2.05, 4.69) is 5.32 Å². The van der Waals surface area contributed by atoms with Crippen molar-refractivity contribution in [1.29, 1.82) is 0 Å². The van der Waals surface area contributed by atoms with Gasteiger partial charge in [0.05, 0.1) is 27.2 Å². The molecule has 1 amide bonds. The second kappa shape index (κ2) is 7.90. The third-order valence-electron chi connectivity index (χ3n) is 4.89. The van der Waals surface area contributed by atoms with Crippen LogP contribution in [0.1, 0.15) is 0 Å². The predicted molar refractivity (Wildman–Crippen MR) is 125 cm³/mol. The van der Waals surface area contributed by atoms with Crippen molar-refractivity contribution in [2.75, 3.05) is 11.1 Å². The van der Waals surface area contributed by atoms with Crippen molar-refractivity contribution in [3.8, 4) is 0 Å². The Kier molecular flexibility index (Phi) is 5.04. The molecule has 0 saturated carbocycles. The highest BCUT2D eigenvalue weighted by Crippen LogP contribution is 2.29. The molecular formula is C22H17N5O3S2. The van der Waals surface area contributed by atoms with Crippen molar-refractivity contribution in [2.45, 2.75) is 10.1 Å². The fourth-order valence-electron chi connectivity index (χ4n) is 3.49. The second-order valence-electron chi connectivity index (χ2n) is 7.08. The Hall–Kier alpha value is -3.47. The Balaban J connectivity index is 1.47. The summed E-state index contributed by atoms with van der Waals surface area (Å²) in [5, 5.41) is 9.44. The normalized spacial score (nSPS) is 11.9. The fraction of sp³-hybridized carbons (Fsp3) is 0.0455. The van der Waals surface area contributed by atoms with Crippen LogP contribution < -0.4 is 10.5 Å². The van der Waals surface area contributed by atoms with Gasteiger partial charge in [-0.05, 0) is 42.5 Å². The Labute approximate surface area is 187 Å². The molecule has 3 aromatic carbocycles. The number of carbonyl (C=O) groups excluding carboxylic acids is 1. The van der Waals surface area contributed by atoms with E-state index in [1.165, 1.54) is 30.0 Å². The Morgan fingerprint density at radius 2 is 1.72 bits per heavy atom. The minimum Gasteiger partial charge on any atom is -0.325 e. The van der Waals surface area contributed by atoms with Gasteiger partial charge in [0.25, 0.3) is 0 Å². The highest BCUT2D eigenvalue weighted by atomic mass is 32.2. The number of imidazole rings is 1. The first-order valence-corrected chi connectivity index (χ1v) is 12.1. The molecule has 0 aliphatic heterocycles. The van der Waals surface area contributed by atoms with Crippen LogP contribution in [0.25, 0.3) is 27.6 Å². The molecule has 10 heteroatoms. The summed E-state index contributed by atoms with van der Waals surface area (Å²) in [6.45, 7) is 0. The first kappa shape index (κ1) is 20.4. The van der Waals surface area contributed by atoms with Gasteiger partial charge in [-0.1, -0.05) is 42.1 Å². The van der Waals surface area contributed by atoms with Crippen molar-refractivity contribution < 1.29 is 13.2 Å². The number of para-hydroxylation sites is 3. The van der Waals surface area contributed by atoms with Gasteiger partial charge in [-0.3, -0.25) is 9.20 Å². The van der Waals surface area contributed by atoms with Gasteiger partial charge in [0.15, 0.2) is 5.16 Å². The zero-order valence-corrected chi connectivity index (χ0v) is 18.2. The number of hydrogen-bond acceptors (Lipinski definition) is 6. The fourth-order valence-corrected chi connectivity index (χ4v) is 4.86. The third-order valence-corrected chi connectivity index (χ3v) is 6.74. The maximum atomic E-state index is 12.6. The summed E-state index contributed by atoms with van der Waals surface area (Å²) in [6.07, 6.45) is 0. The molecule has 3 N–H and O–H groups in total. The van der Waals surface area contributed by atoms with Gasteiger partial charge in [-0.25, -0.2) is 23.5 Å². The summed E-state index contributed by atoms with van der Waals surface area (Å²) in [5.41, 5.74) is 3.67. The first-order chi connectivity index (χ1) is 15.4. The van der Waals surface area contributed by atoms with E-state index in [1.807, 2.05) is 52.9 Å². The molecular weight excluding hydrogens is 446 g/mol. The topological polar surface area (TPSA) is 119 Å². The summed E-state index contributed by atoms with van der Waals surface area (Å²) in [6, 6.07) is 21.3. The number of nitrogens with one attached hydrogen (secondary N) is 1. The minimum absolute atomic E-state index is 0.0641. The number of benzene rings is 3. The third kappa shape index (κ3) is 3.79. The summed E-state index contributed by atoms with van der Waals surface area (Å²) in [4.78, 5) is 22.1. The number of carbonyl (C=O) groups is 1. The summed E-state index contributed by atoms with van der Waals surface area (Å²) < 4.78 is 25.0. The molecule has 0 bridgehead atoms. The molecule has 32 heavy (non-hydrogen) atoms. The standard InChI is InChI=1S/C22H17N5O3S2/c23-32(29,30)15-7-5-6-14(12-15)24-20(28)13-31-22-26-17-9-2-1-8-16(17)21-25-18-10-3-4-11-19(18)27(21)22/h1-12H,13H2,(H,24,28)(H2,23,29,30). The summed E-state index contributed by atoms with van der Waals surface area (Å²) in [7, 11) is -3.85. The van der Waals surface area contributed by atoms with E-state index >= 15 is 0 Å². The van der Waals surface area contributed by atoms with Crippen LogP contribution in [0, 0.1) is 0 Å². The van der Waals surface area contributed by atoms with Crippen LogP contribution in [0.4, 0.5) is 5.69 Å². The molecule has 5 rings (SSSR count). The monoisotopic (exact) mass is 463 g/mol. The molecule has 5 aromatic rings. The molecule has 8 nitrogen and oxygen atoms in total. The lowest BCUT2D eigenvalue weighted by Crippen LogP contribution is -2.16. The van der Waals surface area contributed by atoms with Gasteiger partial charge in [0.2, 0.25) is 15.9 Å². The molecule has 0 unspecified atom stereocenters. The summed E-state index contributed by atoms with van der Waals surface area (Å²) in [5.74, 6) is -0.221. The zero-order valence-electron chi connectivity index (χ0n) is 16.6. The lowest BCUT2D eigenvalue weighted by atomic mass is 10.2. The minimum atomic E-state index is -3.85. The maximum absolute atomic E-state index is 12.6. The van der Waals surface area contributed by atoms with Crippen LogP contribution in [0.15, 0.2) is 82.8 Å². The second-order valence-corrected chi connectivity index (χ2v) is 9.58. The van der Waals surface area contributed by atoms with E-state index in [9.17, 15) is 13.2 Å².